The highest BCUT2D eigenvalue weighted by molar-refractivity contribution is 7.89. The lowest BCUT2D eigenvalue weighted by molar-refractivity contribution is -0.126. The predicted octanol–water partition coefficient (Wildman–Crippen LogP) is 3.14. The third kappa shape index (κ3) is 4.85. The lowest BCUT2D eigenvalue weighted by atomic mass is 9.96. The van der Waals surface area contributed by atoms with Crippen LogP contribution in [0.5, 0.6) is 0 Å². The number of halogens is 3. The largest absolute Gasteiger partial charge is 0.342 e. The van der Waals surface area contributed by atoms with Gasteiger partial charge in [-0.15, -0.1) is 0 Å². The van der Waals surface area contributed by atoms with Crippen LogP contribution < -0.4 is 5.32 Å². The normalized spacial score (nSPS) is 16.4. The van der Waals surface area contributed by atoms with E-state index < -0.39 is 44.3 Å². The number of amides is 1. The molecule has 1 saturated heterocycles. The summed E-state index contributed by atoms with van der Waals surface area (Å²) in [4.78, 5) is 16.7. The summed E-state index contributed by atoms with van der Waals surface area (Å²) in [6.07, 6.45) is 3.73. The summed E-state index contributed by atoms with van der Waals surface area (Å²) >= 11 is 0. The van der Waals surface area contributed by atoms with Gasteiger partial charge in [-0.25, -0.2) is 26.6 Å². The van der Waals surface area contributed by atoms with Gasteiger partial charge in [0.2, 0.25) is 15.9 Å². The molecule has 1 aliphatic heterocycles. The molecular weight excluding hydrogens is 469 g/mol. The van der Waals surface area contributed by atoms with Crippen LogP contribution in [0.15, 0.2) is 59.8 Å². The molecule has 4 rings (SSSR count). The molecule has 0 saturated carbocycles. The first-order chi connectivity index (χ1) is 16.2. The minimum Gasteiger partial charge on any atom is -0.342 e. The van der Waals surface area contributed by atoms with Gasteiger partial charge in [-0.05, 0) is 48.7 Å². The molecule has 34 heavy (non-hydrogen) atoms. The van der Waals surface area contributed by atoms with Crippen molar-refractivity contribution in [1.82, 2.24) is 19.2 Å². The number of imidazole rings is 1. The second-order valence-corrected chi connectivity index (χ2v) is 10.0. The Morgan fingerprint density at radius 1 is 1.06 bits per heavy atom. The SMILES string of the molecule is Cn1ccnc1C(NC(=O)C1CCN(S(=O)(=O)c2cc(F)ccc2F)CC1)c1ccc(F)cc1. The number of hydrogen-bond donors (Lipinski definition) is 1. The number of carbonyl (C=O) groups is 1. The van der Waals surface area contributed by atoms with Gasteiger partial charge in [-0.1, -0.05) is 12.1 Å². The second-order valence-electron chi connectivity index (χ2n) is 8.14. The van der Waals surface area contributed by atoms with Crippen molar-refractivity contribution in [3.05, 3.63) is 83.7 Å². The first kappa shape index (κ1) is 24.0. The maximum atomic E-state index is 14.1. The monoisotopic (exact) mass is 492 g/mol. The Morgan fingerprint density at radius 2 is 1.71 bits per heavy atom. The van der Waals surface area contributed by atoms with Crippen LogP contribution in [0, 0.1) is 23.4 Å². The fraction of sp³-hybridized carbons (Fsp3) is 0.304. The zero-order valence-corrected chi connectivity index (χ0v) is 19.1. The standard InChI is InChI=1S/C23H23F3N4O3S/c1-29-13-10-27-22(29)21(15-2-4-17(24)5-3-15)28-23(31)16-8-11-30(12-9-16)34(32,33)20-14-18(25)6-7-19(20)26/h2-7,10,13-14,16,21H,8-9,11-12H2,1H3,(H,28,31). The van der Waals surface area contributed by atoms with Gasteiger partial charge < -0.3 is 9.88 Å². The highest BCUT2D eigenvalue weighted by Gasteiger charge is 2.35. The second kappa shape index (κ2) is 9.59. The fourth-order valence-corrected chi connectivity index (χ4v) is 5.59. The molecule has 1 amide bonds. The number of rotatable bonds is 6. The van der Waals surface area contributed by atoms with E-state index in [0.29, 0.717) is 17.5 Å². The molecule has 1 unspecified atom stereocenters. The van der Waals surface area contributed by atoms with Gasteiger partial charge in [0.1, 0.15) is 34.2 Å². The van der Waals surface area contributed by atoms with Crippen LogP contribution >= 0.6 is 0 Å². The molecule has 1 aromatic heterocycles. The van der Waals surface area contributed by atoms with Crippen LogP contribution in [-0.4, -0.2) is 41.3 Å². The third-order valence-corrected chi connectivity index (χ3v) is 7.86. The van der Waals surface area contributed by atoms with E-state index in [0.717, 1.165) is 16.4 Å². The Hall–Kier alpha value is -3.18. The van der Waals surface area contributed by atoms with E-state index in [-0.39, 0.29) is 31.8 Å². The number of aryl methyl sites for hydroxylation is 1. The van der Waals surface area contributed by atoms with Crippen molar-refractivity contribution in [3.8, 4) is 0 Å². The molecule has 1 fully saturated rings. The Balaban J connectivity index is 1.47. The van der Waals surface area contributed by atoms with Gasteiger partial charge in [-0.3, -0.25) is 4.79 Å². The molecule has 0 radical (unpaired) electrons. The maximum Gasteiger partial charge on any atom is 0.246 e. The number of nitrogens with one attached hydrogen (secondary N) is 1. The lowest BCUT2D eigenvalue weighted by Crippen LogP contribution is -2.44. The van der Waals surface area contributed by atoms with Crippen molar-refractivity contribution in [3.63, 3.8) is 0 Å². The zero-order valence-electron chi connectivity index (χ0n) is 18.3. The molecule has 3 aromatic rings. The first-order valence-corrected chi connectivity index (χ1v) is 12.1. The molecule has 0 aliphatic carbocycles. The summed E-state index contributed by atoms with van der Waals surface area (Å²) in [6.45, 7) is -0.0278. The van der Waals surface area contributed by atoms with Crippen LogP contribution in [0.4, 0.5) is 13.2 Å². The van der Waals surface area contributed by atoms with Crippen LogP contribution in [-0.2, 0) is 21.9 Å². The van der Waals surface area contributed by atoms with E-state index >= 15 is 0 Å². The van der Waals surface area contributed by atoms with E-state index in [2.05, 4.69) is 10.3 Å². The van der Waals surface area contributed by atoms with Crippen molar-refractivity contribution in [2.75, 3.05) is 13.1 Å². The molecule has 0 spiro atoms. The Bertz CT molecular complexity index is 1290. The Morgan fingerprint density at radius 3 is 2.32 bits per heavy atom. The third-order valence-electron chi connectivity index (χ3n) is 5.94. The maximum absolute atomic E-state index is 14.1. The van der Waals surface area contributed by atoms with E-state index in [9.17, 15) is 26.4 Å². The number of carbonyl (C=O) groups excluding carboxylic acids is 1. The molecule has 180 valence electrons. The molecule has 1 aliphatic rings. The van der Waals surface area contributed by atoms with Gasteiger partial charge in [0.05, 0.1) is 0 Å². The number of piperidine rings is 1. The number of benzene rings is 2. The number of aromatic nitrogens is 2. The summed E-state index contributed by atoms with van der Waals surface area (Å²) in [5, 5.41) is 2.95. The van der Waals surface area contributed by atoms with Crippen molar-refractivity contribution in [2.45, 2.75) is 23.8 Å². The Kier molecular flexibility index (Phi) is 6.76. The van der Waals surface area contributed by atoms with Gasteiger partial charge in [0, 0.05) is 38.4 Å². The van der Waals surface area contributed by atoms with Crippen molar-refractivity contribution >= 4 is 15.9 Å². The van der Waals surface area contributed by atoms with E-state index in [1.54, 1.807) is 36.1 Å². The van der Waals surface area contributed by atoms with Gasteiger partial charge in [0.25, 0.3) is 0 Å². The van der Waals surface area contributed by atoms with Crippen molar-refractivity contribution < 1.29 is 26.4 Å². The van der Waals surface area contributed by atoms with Crippen LogP contribution in [0.25, 0.3) is 0 Å². The smallest absolute Gasteiger partial charge is 0.246 e. The van der Waals surface area contributed by atoms with Crippen LogP contribution in [0.1, 0.15) is 30.3 Å². The summed E-state index contributed by atoms with van der Waals surface area (Å²) in [7, 11) is -2.46. The highest BCUT2D eigenvalue weighted by atomic mass is 32.2. The average Bonchev–Trinajstić information content (AvgIpc) is 3.25. The molecular formula is C23H23F3N4O3S. The van der Waals surface area contributed by atoms with Gasteiger partial charge in [0.15, 0.2) is 0 Å². The molecule has 0 bridgehead atoms. The minimum absolute atomic E-state index is 0.0139. The molecule has 1 atom stereocenters. The van der Waals surface area contributed by atoms with Gasteiger partial charge in [-0.2, -0.15) is 4.31 Å². The number of hydrogen-bond acceptors (Lipinski definition) is 4. The highest BCUT2D eigenvalue weighted by Crippen LogP contribution is 2.28. The minimum atomic E-state index is -4.24. The predicted molar refractivity (Wildman–Crippen MR) is 117 cm³/mol. The number of nitrogens with zero attached hydrogens (tertiary/aromatic N) is 3. The fourth-order valence-electron chi connectivity index (χ4n) is 4.04. The number of sulfonamides is 1. The zero-order chi connectivity index (χ0) is 24.5. The molecule has 1 N–H and O–H groups in total. The van der Waals surface area contributed by atoms with Crippen LogP contribution in [0.3, 0.4) is 0 Å². The average molecular weight is 493 g/mol. The van der Waals surface area contributed by atoms with Gasteiger partial charge >= 0.3 is 0 Å². The van der Waals surface area contributed by atoms with Crippen molar-refractivity contribution in [2.24, 2.45) is 13.0 Å². The summed E-state index contributed by atoms with van der Waals surface area (Å²) in [5.74, 6) is -2.52. The molecule has 7 nitrogen and oxygen atoms in total. The first-order valence-electron chi connectivity index (χ1n) is 10.6. The Labute approximate surface area is 195 Å². The van der Waals surface area contributed by atoms with E-state index in [1.165, 1.54) is 12.1 Å². The van der Waals surface area contributed by atoms with E-state index in [1.807, 2.05) is 0 Å². The topological polar surface area (TPSA) is 84.3 Å². The van der Waals surface area contributed by atoms with Crippen molar-refractivity contribution in [1.29, 1.82) is 0 Å². The summed E-state index contributed by atoms with van der Waals surface area (Å²) in [6, 6.07) is 7.38. The van der Waals surface area contributed by atoms with E-state index in [4.69, 9.17) is 0 Å². The quantitative estimate of drug-likeness (QED) is 0.573. The summed E-state index contributed by atoms with van der Waals surface area (Å²) in [5.41, 5.74) is 0.644. The summed E-state index contributed by atoms with van der Waals surface area (Å²) < 4.78 is 69.4. The molecule has 2 heterocycles. The van der Waals surface area contributed by atoms with Crippen LogP contribution in [0.2, 0.25) is 0 Å². The lowest BCUT2D eigenvalue weighted by Gasteiger charge is -2.31. The molecule has 11 heteroatoms. The molecule has 2 aromatic carbocycles.